The topological polar surface area (TPSA) is 64.3 Å². The van der Waals surface area contributed by atoms with Crippen LogP contribution in [0.3, 0.4) is 0 Å². The van der Waals surface area contributed by atoms with Gasteiger partial charge in [0.2, 0.25) is 5.91 Å². The maximum Gasteiger partial charge on any atom is 0.226 e. The summed E-state index contributed by atoms with van der Waals surface area (Å²) in [4.78, 5) is 12.2. The Labute approximate surface area is 131 Å². The van der Waals surface area contributed by atoms with Crippen LogP contribution in [0.1, 0.15) is 31.9 Å². The molecule has 0 spiro atoms. The van der Waals surface area contributed by atoms with Gasteiger partial charge in [0.25, 0.3) is 0 Å². The van der Waals surface area contributed by atoms with E-state index < -0.39 is 0 Å². The van der Waals surface area contributed by atoms with E-state index in [0.717, 1.165) is 5.56 Å². The summed E-state index contributed by atoms with van der Waals surface area (Å²) < 4.78 is 5.69. The van der Waals surface area contributed by atoms with Crippen molar-refractivity contribution in [2.45, 2.75) is 32.4 Å². The molecule has 4 nitrogen and oxygen atoms in total. The van der Waals surface area contributed by atoms with Crippen molar-refractivity contribution in [3.05, 3.63) is 60.2 Å². The van der Waals surface area contributed by atoms with Crippen LogP contribution in [0.15, 0.2) is 54.6 Å². The quantitative estimate of drug-likeness (QED) is 0.858. The largest absolute Gasteiger partial charge is 0.489 e. The van der Waals surface area contributed by atoms with Crippen molar-refractivity contribution in [1.29, 1.82) is 0 Å². The van der Waals surface area contributed by atoms with Gasteiger partial charge < -0.3 is 15.8 Å². The molecule has 0 aliphatic rings. The number of para-hydroxylation sites is 2. The first-order chi connectivity index (χ1) is 10.6. The molecule has 0 heterocycles. The molecule has 3 N–H and O–H groups in total. The molecule has 4 heteroatoms. The summed E-state index contributed by atoms with van der Waals surface area (Å²) in [5, 5.41) is 2.87. The van der Waals surface area contributed by atoms with Gasteiger partial charge in [-0.1, -0.05) is 42.5 Å². The Kier molecular flexibility index (Phi) is 5.55. The second-order valence-corrected chi connectivity index (χ2v) is 5.43. The third-order valence-electron chi connectivity index (χ3n) is 3.16. The molecule has 0 radical (unpaired) electrons. The summed E-state index contributed by atoms with van der Waals surface area (Å²) in [6.07, 6.45) is 0.268. The molecular weight excluding hydrogens is 276 g/mol. The van der Waals surface area contributed by atoms with E-state index in [-0.39, 0.29) is 24.5 Å². The van der Waals surface area contributed by atoms with Gasteiger partial charge in [0.05, 0.1) is 11.8 Å². The number of amides is 1. The summed E-state index contributed by atoms with van der Waals surface area (Å²) in [5.74, 6) is 0.537. The first-order valence-corrected chi connectivity index (χ1v) is 7.42. The van der Waals surface area contributed by atoms with Gasteiger partial charge in [0, 0.05) is 12.5 Å². The number of nitrogens with one attached hydrogen (secondary N) is 1. The highest BCUT2D eigenvalue weighted by Crippen LogP contribution is 2.25. The highest BCUT2D eigenvalue weighted by molar-refractivity contribution is 5.92. The second-order valence-electron chi connectivity index (χ2n) is 5.43. The van der Waals surface area contributed by atoms with Gasteiger partial charge in [-0.2, -0.15) is 0 Å². The first kappa shape index (κ1) is 16.0. The van der Waals surface area contributed by atoms with Gasteiger partial charge in [-0.15, -0.1) is 0 Å². The fraction of sp³-hybridized carbons (Fsp3) is 0.278. The van der Waals surface area contributed by atoms with Gasteiger partial charge in [0.15, 0.2) is 0 Å². The molecule has 1 amide bonds. The lowest BCUT2D eigenvalue weighted by atomic mass is 10.0. The van der Waals surface area contributed by atoms with Gasteiger partial charge in [-0.25, -0.2) is 0 Å². The van der Waals surface area contributed by atoms with Gasteiger partial charge in [-0.3, -0.25) is 4.79 Å². The molecule has 0 aliphatic carbocycles. The third kappa shape index (κ3) is 4.60. The molecular formula is C18H22N2O2. The average molecular weight is 298 g/mol. The maximum atomic E-state index is 12.2. The van der Waals surface area contributed by atoms with Crippen LogP contribution in [0.5, 0.6) is 5.75 Å². The minimum absolute atomic E-state index is 0.0460. The fourth-order valence-corrected chi connectivity index (χ4v) is 2.15. The van der Waals surface area contributed by atoms with E-state index in [1.165, 1.54) is 0 Å². The summed E-state index contributed by atoms with van der Waals surface area (Å²) in [6.45, 7) is 3.90. The van der Waals surface area contributed by atoms with E-state index in [1.54, 1.807) is 0 Å². The maximum absolute atomic E-state index is 12.2. The van der Waals surface area contributed by atoms with Crippen LogP contribution in [0.2, 0.25) is 0 Å². The Hall–Kier alpha value is -2.33. The van der Waals surface area contributed by atoms with Crippen molar-refractivity contribution in [2.24, 2.45) is 5.73 Å². The Morgan fingerprint density at radius 2 is 1.73 bits per heavy atom. The van der Waals surface area contributed by atoms with Gasteiger partial charge in [0.1, 0.15) is 5.75 Å². The van der Waals surface area contributed by atoms with E-state index >= 15 is 0 Å². The predicted molar refractivity (Wildman–Crippen MR) is 88.8 cm³/mol. The number of carbonyl (C=O) groups excluding carboxylic acids is 1. The Balaban J connectivity index is 2.00. The molecule has 2 aromatic rings. The van der Waals surface area contributed by atoms with Crippen molar-refractivity contribution in [1.82, 2.24) is 0 Å². The zero-order valence-corrected chi connectivity index (χ0v) is 13.0. The number of benzene rings is 2. The molecule has 22 heavy (non-hydrogen) atoms. The molecule has 2 rings (SSSR count). The van der Waals surface area contributed by atoms with Crippen LogP contribution < -0.4 is 15.8 Å². The molecule has 116 valence electrons. The molecule has 0 fully saturated rings. The van der Waals surface area contributed by atoms with Crippen molar-refractivity contribution in [3.63, 3.8) is 0 Å². The van der Waals surface area contributed by atoms with Crippen molar-refractivity contribution in [2.75, 3.05) is 5.32 Å². The number of rotatable bonds is 6. The minimum Gasteiger partial charge on any atom is -0.489 e. The molecule has 0 aliphatic heterocycles. The van der Waals surface area contributed by atoms with Crippen LogP contribution in [0, 0.1) is 0 Å². The third-order valence-corrected chi connectivity index (χ3v) is 3.16. The standard InChI is InChI=1S/C18H22N2O2/c1-13(2)22-17-11-7-6-10-16(17)20-18(21)12-15(19)14-8-4-3-5-9-14/h3-11,13,15H,12,19H2,1-2H3,(H,20,21). The van der Waals surface area contributed by atoms with Crippen molar-refractivity contribution >= 4 is 11.6 Å². The smallest absolute Gasteiger partial charge is 0.226 e. The van der Waals surface area contributed by atoms with Crippen LogP contribution in [-0.2, 0) is 4.79 Å². The van der Waals surface area contributed by atoms with Crippen molar-refractivity contribution in [3.8, 4) is 5.75 Å². The normalized spacial score (nSPS) is 12.0. The molecule has 0 saturated heterocycles. The average Bonchev–Trinajstić information content (AvgIpc) is 2.49. The van der Waals surface area contributed by atoms with Crippen molar-refractivity contribution < 1.29 is 9.53 Å². The second kappa shape index (κ2) is 7.61. The Morgan fingerprint density at radius 1 is 1.09 bits per heavy atom. The molecule has 2 aromatic carbocycles. The minimum atomic E-state index is -0.320. The summed E-state index contributed by atoms with van der Waals surface area (Å²) >= 11 is 0. The van der Waals surface area contributed by atoms with Gasteiger partial charge >= 0.3 is 0 Å². The summed E-state index contributed by atoms with van der Waals surface area (Å²) in [7, 11) is 0. The van der Waals surface area contributed by atoms with Gasteiger partial charge in [-0.05, 0) is 31.5 Å². The Morgan fingerprint density at radius 3 is 2.41 bits per heavy atom. The number of carbonyl (C=O) groups is 1. The Bertz CT molecular complexity index is 611. The lowest BCUT2D eigenvalue weighted by molar-refractivity contribution is -0.116. The number of hydrogen-bond acceptors (Lipinski definition) is 3. The SMILES string of the molecule is CC(C)Oc1ccccc1NC(=O)CC(N)c1ccccc1. The number of anilines is 1. The van der Waals surface area contributed by atoms with E-state index in [2.05, 4.69) is 5.32 Å². The highest BCUT2D eigenvalue weighted by atomic mass is 16.5. The van der Waals surface area contributed by atoms with E-state index in [4.69, 9.17) is 10.5 Å². The molecule has 0 saturated carbocycles. The van der Waals surface area contributed by atoms with E-state index in [9.17, 15) is 4.79 Å². The summed E-state index contributed by atoms with van der Waals surface area (Å²) in [6, 6.07) is 16.7. The number of nitrogens with two attached hydrogens (primary N) is 1. The number of hydrogen-bond donors (Lipinski definition) is 2. The lowest BCUT2D eigenvalue weighted by Gasteiger charge is -2.16. The van der Waals surface area contributed by atoms with Crippen LogP contribution in [0.4, 0.5) is 5.69 Å². The molecule has 1 atom stereocenters. The van der Waals surface area contributed by atoms with E-state index in [1.807, 2.05) is 68.4 Å². The van der Waals surface area contributed by atoms with Crippen LogP contribution >= 0.6 is 0 Å². The highest BCUT2D eigenvalue weighted by Gasteiger charge is 2.13. The molecule has 0 bridgehead atoms. The zero-order chi connectivity index (χ0) is 15.9. The first-order valence-electron chi connectivity index (χ1n) is 7.42. The summed E-state index contributed by atoms with van der Waals surface area (Å²) in [5.41, 5.74) is 7.69. The fourth-order valence-electron chi connectivity index (χ4n) is 2.15. The lowest BCUT2D eigenvalue weighted by Crippen LogP contribution is -2.21. The molecule has 0 aromatic heterocycles. The predicted octanol–water partition coefficient (Wildman–Crippen LogP) is 3.50. The van der Waals surface area contributed by atoms with Crippen LogP contribution in [-0.4, -0.2) is 12.0 Å². The monoisotopic (exact) mass is 298 g/mol. The zero-order valence-electron chi connectivity index (χ0n) is 13.0. The van der Waals surface area contributed by atoms with E-state index in [0.29, 0.717) is 11.4 Å². The molecule has 1 unspecified atom stereocenters. The van der Waals surface area contributed by atoms with Crippen LogP contribution in [0.25, 0.3) is 0 Å². The number of ether oxygens (including phenoxy) is 1.